The zero-order valence-electron chi connectivity index (χ0n) is 8.86. The number of rotatable bonds is 3. The summed E-state index contributed by atoms with van der Waals surface area (Å²) in [5.74, 6) is -0.421. The van der Waals surface area contributed by atoms with Gasteiger partial charge in [-0.05, 0) is 45.7 Å². The van der Waals surface area contributed by atoms with Gasteiger partial charge in [0.25, 0.3) is 0 Å². The number of nitrogens with zero attached hydrogens (tertiary/aromatic N) is 1. The molecular weight excluding hydrogens is 182 g/mol. The van der Waals surface area contributed by atoms with Gasteiger partial charge in [-0.3, -0.25) is 9.69 Å². The van der Waals surface area contributed by atoms with Gasteiger partial charge in [-0.15, -0.1) is 0 Å². The lowest BCUT2D eigenvalue weighted by Gasteiger charge is -2.39. The van der Waals surface area contributed by atoms with Crippen LogP contribution < -0.4 is 0 Å². The first-order valence-electron chi connectivity index (χ1n) is 5.07. The molecule has 1 heterocycles. The minimum absolute atomic E-state index is 0.224. The standard InChI is InChI=1S/C10H19NO3/c1-10(2,9(13)14)11-5-3-8(7-12)4-6-11/h8,12H,3-7H2,1-2H3,(H,13,14). The lowest BCUT2D eigenvalue weighted by molar-refractivity contribution is -0.150. The fourth-order valence-electron chi connectivity index (χ4n) is 1.81. The second-order valence-electron chi connectivity index (χ2n) is 4.48. The molecule has 0 aromatic heterocycles. The molecule has 1 rings (SSSR count). The summed E-state index contributed by atoms with van der Waals surface area (Å²) >= 11 is 0. The Hall–Kier alpha value is -0.610. The van der Waals surface area contributed by atoms with Gasteiger partial charge < -0.3 is 10.2 Å². The highest BCUT2D eigenvalue weighted by Gasteiger charge is 2.36. The van der Waals surface area contributed by atoms with Crippen LogP contribution in [-0.4, -0.2) is 46.3 Å². The van der Waals surface area contributed by atoms with Crippen LogP contribution in [0.4, 0.5) is 0 Å². The first kappa shape index (κ1) is 11.5. The summed E-state index contributed by atoms with van der Waals surface area (Å²) in [5.41, 5.74) is -0.777. The number of aliphatic hydroxyl groups is 1. The molecule has 0 spiro atoms. The normalized spacial score (nSPS) is 21.1. The van der Waals surface area contributed by atoms with E-state index in [2.05, 4.69) is 0 Å². The van der Waals surface area contributed by atoms with Gasteiger partial charge in [0, 0.05) is 6.61 Å². The predicted octanol–water partition coefficient (Wildman–Crippen LogP) is 0.554. The Balaban J connectivity index is 2.53. The Morgan fingerprint density at radius 3 is 2.29 bits per heavy atom. The summed E-state index contributed by atoms with van der Waals surface area (Å²) < 4.78 is 0. The van der Waals surface area contributed by atoms with Crippen LogP contribution in [0.25, 0.3) is 0 Å². The Morgan fingerprint density at radius 2 is 1.93 bits per heavy atom. The lowest BCUT2D eigenvalue weighted by atomic mass is 9.93. The fourth-order valence-corrected chi connectivity index (χ4v) is 1.81. The van der Waals surface area contributed by atoms with Gasteiger partial charge in [0.05, 0.1) is 0 Å². The average molecular weight is 201 g/mol. The van der Waals surface area contributed by atoms with Gasteiger partial charge in [-0.2, -0.15) is 0 Å². The molecule has 0 saturated carbocycles. The summed E-state index contributed by atoms with van der Waals surface area (Å²) in [5, 5.41) is 18.0. The third-order valence-corrected chi connectivity index (χ3v) is 3.19. The molecule has 0 radical (unpaired) electrons. The highest BCUT2D eigenvalue weighted by atomic mass is 16.4. The molecule has 4 nitrogen and oxygen atoms in total. The molecule has 0 bridgehead atoms. The Morgan fingerprint density at radius 1 is 1.43 bits per heavy atom. The fraction of sp³-hybridized carbons (Fsp3) is 0.900. The minimum atomic E-state index is -0.778. The van der Waals surface area contributed by atoms with Crippen molar-refractivity contribution in [3.05, 3.63) is 0 Å². The number of hydrogen-bond acceptors (Lipinski definition) is 3. The largest absolute Gasteiger partial charge is 0.480 e. The number of hydrogen-bond donors (Lipinski definition) is 2. The molecule has 1 saturated heterocycles. The van der Waals surface area contributed by atoms with Crippen LogP contribution in [-0.2, 0) is 4.79 Å². The van der Waals surface area contributed by atoms with Crippen molar-refractivity contribution in [2.45, 2.75) is 32.2 Å². The van der Waals surface area contributed by atoms with E-state index in [1.807, 2.05) is 4.90 Å². The van der Waals surface area contributed by atoms with Gasteiger partial charge in [0.2, 0.25) is 0 Å². The lowest BCUT2D eigenvalue weighted by Crippen LogP contribution is -2.53. The molecule has 1 fully saturated rings. The summed E-state index contributed by atoms with van der Waals surface area (Å²) in [6, 6.07) is 0. The predicted molar refractivity (Wildman–Crippen MR) is 53.1 cm³/mol. The summed E-state index contributed by atoms with van der Waals surface area (Å²) in [6.45, 7) is 5.22. The monoisotopic (exact) mass is 201 g/mol. The van der Waals surface area contributed by atoms with Crippen LogP contribution in [0.2, 0.25) is 0 Å². The van der Waals surface area contributed by atoms with E-state index in [1.165, 1.54) is 0 Å². The molecule has 0 unspecified atom stereocenters. The van der Waals surface area contributed by atoms with Crippen LogP contribution in [0.5, 0.6) is 0 Å². The molecular formula is C10H19NO3. The third-order valence-electron chi connectivity index (χ3n) is 3.19. The van der Waals surface area contributed by atoms with E-state index in [0.29, 0.717) is 5.92 Å². The number of likely N-dealkylation sites (tertiary alicyclic amines) is 1. The van der Waals surface area contributed by atoms with Crippen LogP contribution in [0.1, 0.15) is 26.7 Å². The zero-order valence-corrected chi connectivity index (χ0v) is 8.86. The maximum Gasteiger partial charge on any atom is 0.323 e. The zero-order chi connectivity index (χ0) is 10.8. The molecule has 4 heteroatoms. The molecule has 0 amide bonds. The SMILES string of the molecule is CC(C)(C(=O)O)N1CCC(CO)CC1. The second kappa shape index (κ2) is 4.28. The van der Waals surface area contributed by atoms with Crippen molar-refractivity contribution < 1.29 is 15.0 Å². The molecule has 1 aliphatic heterocycles. The smallest absolute Gasteiger partial charge is 0.323 e. The van der Waals surface area contributed by atoms with E-state index in [4.69, 9.17) is 10.2 Å². The number of aliphatic carboxylic acids is 1. The van der Waals surface area contributed by atoms with Crippen molar-refractivity contribution in [1.82, 2.24) is 4.90 Å². The van der Waals surface area contributed by atoms with Gasteiger partial charge in [-0.1, -0.05) is 0 Å². The van der Waals surface area contributed by atoms with E-state index in [9.17, 15) is 4.79 Å². The maximum absolute atomic E-state index is 11.0. The van der Waals surface area contributed by atoms with Gasteiger partial charge in [0.15, 0.2) is 0 Å². The van der Waals surface area contributed by atoms with E-state index in [-0.39, 0.29) is 6.61 Å². The van der Waals surface area contributed by atoms with Crippen molar-refractivity contribution in [3.8, 4) is 0 Å². The van der Waals surface area contributed by atoms with E-state index < -0.39 is 11.5 Å². The van der Waals surface area contributed by atoms with Crippen molar-refractivity contribution in [1.29, 1.82) is 0 Å². The Labute approximate surface area is 84.5 Å². The molecule has 82 valence electrons. The summed E-state index contributed by atoms with van der Waals surface area (Å²) in [7, 11) is 0. The van der Waals surface area contributed by atoms with Crippen LogP contribution in [0, 0.1) is 5.92 Å². The average Bonchev–Trinajstić information content (AvgIpc) is 2.17. The van der Waals surface area contributed by atoms with E-state index >= 15 is 0 Å². The quantitative estimate of drug-likeness (QED) is 0.700. The summed E-state index contributed by atoms with van der Waals surface area (Å²) in [4.78, 5) is 13.0. The topological polar surface area (TPSA) is 60.8 Å². The maximum atomic E-state index is 11.0. The molecule has 0 aromatic carbocycles. The summed E-state index contributed by atoms with van der Waals surface area (Å²) in [6.07, 6.45) is 1.79. The number of carboxylic acid groups (broad SMARTS) is 1. The Bertz CT molecular complexity index is 207. The molecule has 1 aliphatic rings. The highest BCUT2D eigenvalue weighted by Crippen LogP contribution is 2.23. The van der Waals surface area contributed by atoms with Gasteiger partial charge in [0.1, 0.15) is 5.54 Å². The van der Waals surface area contributed by atoms with Gasteiger partial charge >= 0.3 is 5.97 Å². The first-order valence-corrected chi connectivity index (χ1v) is 5.07. The minimum Gasteiger partial charge on any atom is -0.480 e. The molecule has 2 N–H and O–H groups in total. The Kier molecular flexibility index (Phi) is 3.50. The number of aliphatic hydroxyl groups excluding tert-OH is 1. The van der Waals surface area contributed by atoms with Crippen LogP contribution in [0.15, 0.2) is 0 Å². The number of carboxylic acids is 1. The number of piperidine rings is 1. The van der Waals surface area contributed by atoms with Crippen LogP contribution in [0.3, 0.4) is 0 Å². The van der Waals surface area contributed by atoms with Crippen molar-refractivity contribution in [3.63, 3.8) is 0 Å². The van der Waals surface area contributed by atoms with Crippen LogP contribution >= 0.6 is 0 Å². The van der Waals surface area contributed by atoms with Crippen molar-refractivity contribution in [2.24, 2.45) is 5.92 Å². The van der Waals surface area contributed by atoms with Gasteiger partial charge in [-0.25, -0.2) is 0 Å². The molecule has 0 atom stereocenters. The van der Waals surface area contributed by atoms with Crippen molar-refractivity contribution in [2.75, 3.05) is 19.7 Å². The van der Waals surface area contributed by atoms with E-state index in [1.54, 1.807) is 13.8 Å². The highest BCUT2D eigenvalue weighted by molar-refractivity contribution is 5.77. The molecule has 0 aliphatic carbocycles. The second-order valence-corrected chi connectivity index (χ2v) is 4.48. The van der Waals surface area contributed by atoms with E-state index in [0.717, 1.165) is 25.9 Å². The molecule has 14 heavy (non-hydrogen) atoms. The van der Waals surface area contributed by atoms with Crippen molar-refractivity contribution >= 4 is 5.97 Å². The molecule has 0 aromatic rings. The third kappa shape index (κ3) is 2.25. The first-order chi connectivity index (χ1) is 6.48. The number of carbonyl (C=O) groups is 1.